The maximum absolute atomic E-state index is 9.66. The Morgan fingerprint density at radius 1 is 1.36 bits per heavy atom. The molecule has 2 aliphatic heterocycles. The van der Waals surface area contributed by atoms with Gasteiger partial charge < -0.3 is 20.5 Å². The lowest BCUT2D eigenvalue weighted by atomic mass is 10.0. The van der Waals surface area contributed by atoms with Crippen LogP contribution in [0.5, 0.6) is 0 Å². The lowest BCUT2D eigenvalue weighted by Crippen LogP contribution is -2.51. The summed E-state index contributed by atoms with van der Waals surface area (Å²) in [4.78, 5) is 6.83. The number of hydrogen-bond donors (Lipinski definition) is 3. The van der Waals surface area contributed by atoms with Gasteiger partial charge in [-0.3, -0.25) is 9.89 Å². The molecule has 3 atom stereocenters. The van der Waals surface area contributed by atoms with Crippen molar-refractivity contribution in [2.75, 3.05) is 46.4 Å². The minimum absolute atomic E-state index is 0.0519. The van der Waals surface area contributed by atoms with Gasteiger partial charge in [-0.25, -0.2) is 0 Å². The van der Waals surface area contributed by atoms with Crippen LogP contribution in [0.3, 0.4) is 0 Å². The van der Waals surface area contributed by atoms with E-state index in [4.69, 9.17) is 4.74 Å². The van der Waals surface area contributed by atoms with Crippen LogP contribution < -0.4 is 10.6 Å². The van der Waals surface area contributed by atoms with E-state index in [9.17, 15) is 5.11 Å². The van der Waals surface area contributed by atoms with Crippen molar-refractivity contribution in [3.05, 3.63) is 35.9 Å². The van der Waals surface area contributed by atoms with Gasteiger partial charge in [0.2, 0.25) is 0 Å². The zero-order chi connectivity index (χ0) is 17.5. The summed E-state index contributed by atoms with van der Waals surface area (Å²) in [6.07, 6.45) is 2.76. The number of benzene rings is 1. The van der Waals surface area contributed by atoms with E-state index in [1.165, 1.54) is 19.4 Å². The van der Waals surface area contributed by atoms with Crippen molar-refractivity contribution in [3.63, 3.8) is 0 Å². The fourth-order valence-electron chi connectivity index (χ4n) is 3.67. The molecular formula is C19H30N4O2. The molecule has 0 radical (unpaired) electrons. The molecule has 2 fully saturated rings. The van der Waals surface area contributed by atoms with Crippen molar-refractivity contribution in [2.45, 2.75) is 30.9 Å². The standard InChI is InChI=1S/C19H30N4O2/c1-20-19(21-10-16(13-24)15-6-3-2-4-7-15)22-11-18-12-23-9-5-8-17(23)14-25-18/h2-4,6-7,16-18,24H,5,8-14H2,1H3,(H2,20,21,22). The summed E-state index contributed by atoms with van der Waals surface area (Å²) in [6, 6.07) is 10.7. The average molecular weight is 346 g/mol. The van der Waals surface area contributed by atoms with Crippen LogP contribution in [-0.2, 0) is 4.74 Å². The van der Waals surface area contributed by atoms with Crippen LogP contribution in [0, 0.1) is 0 Å². The van der Waals surface area contributed by atoms with Gasteiger partial charge in [-0.15, -0.1) is 0 Å². The van der Waals surface area contributed by atoms with Gasteiger partial charge in [0.25, 0.3) is 0 Å². The van der Waals surface area contributed by atoms with E-state index in [1.54, 1.807) is 7.05 Å². The highest BCUT2D eigenvalue weighted by Gasteiger charge is 2.32. The van der Waals surface area contributed by atoms with E-state index in [-0.39, 0.29) is 18.6 Å². The minimum Gasteiger partial charge on any atom is -0.396 e. The van der Waals surface area contributed by atoms with Gasteiger partial charge in [0.15, 0.2) is 5.96 Å². The van der Waals surface area contributed by atoms with Crippen LogP contribution in [0.4, 0.5) is 0 Å². The normalized spacial score (nSPS) is 25.4. The molecule has 0 bridgehead atoms. The molecule has 0 amide bonds. The maximum Gasteiger partial charge on any atom is 0.191 e. The summed E-state index contributed by atoms with van der Waals surface area (Å²) >= 11 is 0. The molecule has 6 heteroatoms. The van der Waals surface area contributed by atoms with E-state index in [0.717, 1.165) is 31.2 Å². The van der Waals surface area contributed by atoms with Crippen LogP contribution in [0.15, 0.2) is 35.3 Å². The Morgan fingerprint density at radius 2 is 2.20 bits per heavy atom. The first-order valence-electron chi connectivity index (χ1n) is 9.26. The largest absolute Gasteiger partial charge is 0.396 e. The summed E-state index contributed by atoms with van der Waals surface area (Å²) in [6.45, 7) is 4.54. The Bertz CT molecular complexity index is 552. The van der Waals surface area contributed by atoms with Gasteiger partial charge in [0.1, 0.15) is 0 Å². The summed E-state index contributed by atoms with van der Waals surface area (Å²) < 4.78 is 5.98. The fourth-order valence-corrected chi connectivity index (χ4v) is 3.67. The molecule has 1 aromatic carbocycles. The highest BCUT2D eigenvalue weighted by molar-refractivity contribution is 5.79. The lowest BCUT2D eigenvalue weighted by molar-refractivity contribution is -0.0453. The molecule has 25 heavy (non-hydrogen) atoms. The van der Waals surface area contributed by atoms with Gasteiger partial charge in [0.05, 0.1) is 19.3 Å². The number of hydrogen-bond acceptors (Lipinski definition) is 4. The first-order chi connectivity index (χ1) is 12.3. The second-order valence-corrected chi connectivity index (χ2v) is 6.87. The molecule has 3 rings (SSSR count). The van der Waals surface area contributed by atoms with Gasteiger partial charge in [-0.2, -0.15) is 0 Å². The SMILES string of the molecule is CN=C(NCC1CN2CCCC2CO1)NCC(CO)c1ccccc1. The Morgan fingerprint density at radius 3 is 2.96 bits per heavy atom. The predicted molar refractivity (Wildman–Crippen MR) is 100.0 cm³/mol. The Kier molecular flexibility index (Phi) is 6.67. The van der Waals surface area contributed by atoms with Crippen molar-refractivity contribution in [1.29, 1.82) is 0 Å². The van der Waals surface area contributed by atoms with Crippen molar-refractivity contribution in [2.24, 2.45) is 4.99 Å². The first-order valence-corrected chi connectivity index (χ1v) is 9.26. The zero-order valence-electron chi connectivity index (χ0n) is 15.0. The molecule has 2 heterocycles. The number of ether oxygens (including phenoxy) is 1. The maximum atomic E-state index is 9.66. The summed E-state index contributed by atoms with van der Waals surface area (Å²) in [5.41, 5.74) is 1.13. The lowest BCUT2D eigenvalue weighted by Gasteiger charge is -2.35. The van der Waals surface area contributed by atoms with Crippen LogP contribution in [-0.4, -0.2) is 74.6 Å². The topological polar surface area (TPSA) is 69.1 Å². The van der Waals surface area contributed by atoms with E-state index < -0.39 is 0 Å². The van der Waals surface area contributed by atoms with Crippen LogP contribution in [0.25, 0.3) is 0 Å². The molecule has 0 spiro atoms. The first kappa shape index (κ1) is 18.2. The molecule has 3 unspecified atom stereocenters. The second-order valence-electron chi connectivity index (χ2n) is 6.87. The number of morpholine rings is 1. The number of rotatable bonds is 6. The molecule has 0 aromatic heterocycles. The fraction of sp³-hybridized carbons (Fsp3) is 0.632. The Balaban J connectivity index is 1.43. The van der Waals surface area contributed by atoms with Gasteiger partial charge >= 0.3 is 0 Å². The van der Waals surface area contributed by atoms with Gasteiger partial charge in [0, 0.05) is 38.6 Å². The van der Waals surface area contributed by atoms with Gasteiger partial charge in [-0.05, 0) is 24.9 Å². The van der Waals surface area contributed by atoms with E-state index >= 15 is 0 Å². The van der Waals surface area contributed by atoms with Crippen molar-refractivity contribution in [3.8, 4) is 0 Å². The third kappa shape index (κ3) is 4.93. The van der Waals surface area contributed by atoms with Crippen LogP contribution in [0.1, 0.15) is 24.3 Å². The molecule has 0 aliphatic carbocycles. The van der Waals surface area contributed by atoms with Crippen LogP contribution in [0.2, 0.25) is 0 Å². The number of aliphatic hydroxyl groups excluding tert-OH is 1. The number of nitrogens with one attached hydrogen (secondary N) is 2. The third-order valence-corrected chi connectivity index (χ3v) is 5.19. The molecule has 2 aliphatic rings. The number of aliphatic imine (C=N–C) groups is 1. The zero-order valence-corrected chi connectivity index (χ0v) is 15.0. The second kappa shape index (κ2) is 9.17. The number of aliphatic hydroxyl groups is 1. The molecular weight excluding hydrogens is 316 g/mol. The molecule has 3 N–H and O–H groups in total. The number of guanidine groups is 1. The minimum atomic E-state index is 0.0519. The molecule has 6 nitrogen and oxygen atoms in total. The molecule has 0 saturated carbocycles. The summed E-state index contributed by atoms with van der Waals surface area (Å²) in [7, 11) is 1.77. The average Bonchev–Trinajstić information content (AvgIpc) is 3.13. The summed E-state index contributed by atoms with van der Waals surface area (Å²) in [5.74, 6) is 0.803. The van der Waals surface area contributed by atoms with Crippen molar-refractivity contribution in [1.82, 2.24) is 15.5 Å². The van der Waals surface area contributed by atoms with Gasteiger partial charge in [-0.1, -0.05) is 30.3 Å². The number of fused-ring (bicyclic) bond motifs is 1. The predicted octanol–water partition coefficient (Wildman–Crippen LogP) is 0.791. The summed E-state index contributed by atoms with van der Waals surface area (Å²) in [5, 5.41) is 16.3. The number of nitrogens with zero attached hydrogens (tertiary/aromatic N) is 2. The smallest absolute Gasteiger partial charge is 0.191 e. The molecule has 1 aromatic rings. The highest BCUT2D eigenvalue weighted by atomic mass is 16.5. The molecule has 2 saturated heterocycles. The van der Waals surface area contributed by atoms with Crippen molar-refractivity contribution < 1.29 is 9.84 Å². The third-order valence-electron chi connectivity index (χ3n) is 5.19. The molecule has 138 valence electrons. The Hall–Kier alpha value is -1.63. The quantitative estimate of drug-likeness (QED) is 0.525. The Labute approximate surface area is 150 Å². The van der Waals surface area contributed by atoms with E-state index in [2.05, 4.69) is 20.5 Å². The monoisotopic (exact) mass is 346 g/mol. The highest BCUT2D eigenvalue weighted by Crippen LogP contribution is 2.22. The van der Waals surface area contributed by atoms with Crippen LogP contribution >= 0.6 is 0 Å². The van der Waals surface area contributed by atoms with E-state index in [0.29, 0.717) is 12.6 Å². The van der Waals surface area contributed by atoms with E-state index in [1.807, 2.05) is 30.3 Å². The van der Waals surface area contributed by atoms with Crippen molar-refractivity contribution >= 4 is 5.96 Å².